The van der Waals surface area contributed by atoms with Crippen molar-refractivity contribution in [3.05, 3.63) is 261 Å². The molecule has 28 heteroatoms. The molecule has 0 saturated heterocycles. The average Bonchev–Trinajstić information content (AvgIpc) is 0.770. The number of ether oxygens (including phenoxy) is 4. The Hall–Kier alpha value is -12.2. The minimum atomic E-state index is -4.65. The lowest BCUT2D eigenvalue weighted by molar-refractivity contribution is -0.122. The molecule has 0 heterocycles. The van der Waals surface area contributed by atoms with Crippen LogP contribution in [0, 0.1) is 0 Å². The van der Waals surface area contributed by atoms with Gasteiger partial charge in [0, 0.05) is 148 Å². The summed E-state index contributed by atoms with van der Waals surface area (Å²) in [5.41, 5.74) is 6.47. The van der Waals surface area contributed by atoms with E-state index in [1.165, 1.54) is 24.3 Å². The lowest BCUT2D eigenvalue weighted by Gasteiger charge is -2.29. The summed E-state index contributed by atoms with van der Waals surface area (Å²) in [6, 6.07) is 55.5. The van der Waals surface area contributed by atoms with Crippen LogP contribution in [0.15, 0.2) is 214 Å². The highest BCUT2D eigenvalue weighted by Gasteiger charge is 2.34. The Balaban J connectivity index is 1.03. The van der Waals surface area contributed by atoms with Crippen molar-refractivity contribution in [2.24, 2.45) is 0 Å². The molecule has 4 N–H and O–H groups in total. The Bertz CT molecular complexity index is 6020. The second-order valence-corrected chi connectivity index (χ2v) is 44.2. The van der Waals surface area contributed by atoms with Crippen LogP contribution in [-0.2, 0) is 107 Å². The lowest BCUT2D eigenvalue weighted by Crippen LogP contribution is -2.35. The molecule has 13 rings (SSSR count). The molecule has 0 aliphatic heterocycles. The van der Waals surface area contributed by atoms with Gasteiger partial charge in [0.15, 0.2) is 26.4 Å². The van der Waals surface area contributed by atoms with Crippen LogP contribution in [-0.4, -0.2) is 140 Å². The fourth-order valence-corrected chi connectivity index (χ4v) is 21.2. The Morgan fingerprint density at radius 2 is 0.414 bits per heavy atom. The number of sulfonamides is 4. The molecular weight excluding hydrogens is 1700 g/mol. The van der Waals surface area contributed by atoms with Crippen molar-refractivity contribution in [1.82, 2.24) is 18.9 Å². The Labute approximate surface area is 751 Å². The second-order valence-electron chi connectivity index (χ2n) is 37.6. The zero-order valence-electron chi connectivity index (χ0n) is 76.1. The van der Waals surface area contributed by atoms with Crippen LogP contribution in [0.4, 0.5) is 22.7 Å². The molecule has 0 atom stereocenters. The maximum atomic E-state index is 15.0. The smallest absolute Gasteiger partial charge is 0.271 e. The first-order valence-electron chi connectivity index (χ1n) is 42.0. The molecule has 12 aromatic carbocycles. The molecule has 1 aliphatic rings. The van der Waals surface area contributed by atoms with E-state index in [-0.39, 0.29) is 68.3 Å². The number of hydrogen-bond acceptors (Lipinski definition) is 20. The molecule has 0 spiro atoms. The molecular formula is C100H112N8O16S4. The van der Waals surface area contributed by atoms with Gasteiger partial charge in [0.1, 0.15) is 23.0 Å². The van der Waals surface area contributed by atoms with Gasteiger partial charge in [-0.1, -0.05) is 229 Å². The maximum Gasteiger partial charge on any atom is 0.271 e. The summed E-state index contributed by atoms with van der Waals surface area (Å²) in [6.07, 6.45) is -0.597. The minimum absolute atomic E-state index is 0.100. The Morgan fingerprint density at radius 3 is 0.570 bits per heavy atom. The summed E-state index contributed by atoms with van der Waals surface area (Å²) in [4.78, 5) is 66.7. The molecule has 672 valence electrons. The number of benzene rings is 12. The molecule has 0 aromatic heterocycles. The molecule has 0 radical (unpaired) electrons. The molecule has 24 nitrogen and oxygen atoms in total. The zero-order valence-corrected chi connectivity index (χ0v) is 79.4. The Kier molecular flexibility index (Phi) is 26.1. The predicted molar refractivity (Wildman–Crippen MR) is 508 cm³/mol. The third-order valence-corrected chi connectivity index (χ3v) is 28.6. The molecule has 0 unspecified atom stereocenters. The summed E-state index contributed by atoms with van der Waals surface area (Å²) in [7, 11) is -3.90. The quantitative estimate of drug-likeness (QED) is 0.0437. The minimum Gasteiger partial charge on any atom is -0.483 e. The fraction of sp³-hybridized carbons (Fsp3) is 0.320. The molecule has 1 aliphatic carbocycles. The van der Waals surface area contributed by atoms with Gasteiger partial charge < -0.3 is 38.5 Å². The zero-order chi connectivity index (χ0) is 93.0. The third-order valence-electron chi connectivity index (χ3n) is 22.9. The average molecular weight is 1810 g/mol. The fourth-order valence-electron chi connectivity index (χ4n) is 16.4. The molecule has 0 saturated carbocycles. The SMILES string of the molecule is CN(C)c1cccc2c(S(=O)(=O)NC(=O)COc3c4cc(C(C)(C)C)cc3Cc3cc(C(C)(C)C)cc(c3OCC(=O)NS(=O)(=O)c3cccc5c(N(C)C)cccc35)Cc3cc(C(C)(C)C)cc(c3OCC(=O)NS(=O)(=O)c3cccc5c(N(C)C)cccc35)Cc3cc(C(C)(C)C)cc(c3OCC(=O)NS(=O)(=O)c3cccc5c(N(C)C)cccc35)C4)cccc12. The number of amides is 4. The molecule has 4 amide bonds. The van der Waals surface area contributed by atoms with E-state index >= 15 is 0 Å². The van der Waals surface area contributed by atoms with Crippen molar-refractivity contribution in [2.75, 3.05) is 102 Å². The number of fused-ring (bicyclic) bond motifs is 12. The van der Waals surface area contributed by atoms with Crippen molar-refractivity contribution in [3.63, 3.8) is 0 Å². The number of rotatable bonds is 24. The van der Waals surface area contributed by atoms with Gasteiger partial charge in [-0.3, -0.25) is 19.2 Å². The summed E-state index contributed by atoms with van der Waals surface area (Å²) in [5, 5.41) is 3.90. The van der Waals surface area contributed by atoms with Gasteiger partial charge in [-0.2, -0.15) is 0 Å². The summed E-state index contributed by atoms with van der Waals surface area (Å²) >= 11 is 0. The van der Waals surface area contributed by atoms with Gasteiger partial charge in [-0.15, -0.1) is 0 Å². The van der Waals surface area contributed by atoms with Gasteiger partial charge >= 0.3 is 0 Å². The highest BCUT2D eigenvalue weighted by atomic mass is 32.2. The van der Waals surface area contributed by atoms with Gasteiger partial charge in [-0.05, 0) is 137 Å². The lowest BCUT2D eigenvalue weighted by atomic mass is 9.79. The topological polar surface area (TPSA) is 303 Å². The highest BCUT2D eigenvalue weighted by molar-refractivity contribution is 7.91. The van der Waals surface area contributed by atoms with Crippen molar-refractivity contribution < 1.29 is 71.8 Å². The molecule has 8 bridgehead atoms. The van der Waals surface area contributed by atoms with Crippen LogP contribution in [0.1, 0.15) is 150 Å². The van der Waals surface area contributed by atoms with Crippen LogP contribution in [0.25, 0.3) is 43.1 Å². The summed E-state index contributed by atoms with van der Waals surface area (Å²) in [6.45, 7) is 20.6. The normalized spacial score (nSPS) is 12.9. The standard InChI is InChI=1S/C100H112N8O16S4/c1-97(2,3)69-49-61-45-63-51-70(98(4,5)6)53-65(94(63)122-58-90(110)102-126(115,116)86-42-26-30-74-78(86)34-22-38-82(74)106(15)16)47-67-55-72(100(10,11)12)56-68(96(67)124-60-92(112)104-128(119,120)88-44-28-32-76-80(88)36-24-40-84(76)108(19)20)48-66-54-71(99(7,8)9)52-64(95(66)123-59-91(111)103-127(117,118)87-43-27-31-75-79(87)35-23-39-83(75)107(17)18)46-62(50-69)93(61)121-57-89(109)101-125(113,114)85-41-25-29-73-77(85)33-21-37-81(73)105(13)14/h21-44,49-56H,45-48,57-60H2,1-20H3,(H,101,109)(H,102,110)(H,103,111)(H,104,112). The summed E-state index contributed by atoms with van der Waals surface area (Å²) < 4.78 is 156. The van der Waals surface area contributed by atoms with Gasteiger partial charge in [0.2, 0.25) is 0 Å². The van der Waals surface area contributed by atoms with E-state index in [0.717, 1.165) is 45.0 Å². The van der Waals surface area contributed by atoms with Crippen LogP contribution in [0.5, 0.6) is 23.0 Å². The first kappa shape index (κ1) is 93.4. The van der Waals surface area contributed by atoms with Crippen molar-refractivity contribution in [2.45, 2.75) is 150 Å². The largest absolute Gasteiger partial charge is 0.483 e. The molecule has 0 fully saturated rings. The number of carbonyl (C=O) groups is 4. The van der Waals surface area contributed by atoms with Crippen LogP contribution in [0.2, 0.25) is 0 Å². The van der Waals surface area contributed by atoms with Crippen LogP contribution in [0.3, 0.4) is 0 Å². The second kappa shape index (κ2) is 35.8. The van der Waals surface area contributed by atoms with E-state index in [1.54, 1.807) is 97.1 Å². The van der Waals surface area contributed by atoms with Crippen LogP contribution < -0.4 is 57.4 Å². The van der Waals surface area contributed by atoms with E-state index in [4.69, 9.17) is 18.9 Å². The number of nitrogens with one attached hydrogen (secondary N) is 4. The van der Waals surface area contributed by atoms with Gasteiger partial charge in [-0.25, -0.2) is 52.6 Å². The third kappa shape index (κ3) is 20.2. The highest BCUT2D eigenvalue weighted by Crippen LogP contribution is 2.46. The van der Waals surface area contributed by atoms with Crippen molar-refractivity contribution in [1.29, 1.82) is 0 Å². The number of hydrogen-bond donors (Lipinski definition) is 4. The first-order chi connectivity index (χ1) is 59.9. The van der Waals surface area contributed by atoms with E-state index in [9.17, 15) is 52.8 Å². The number of nitrogens with zero attached hydrogens (tertiary/aromatic N) is 4. The van der Waals surface area contributed by atoms with E-state index < -0.39 is 112 Å². The summed E-state index contributed by atoms with van der Waals surface area (Å²) in [5.74, 6) is -3.79. The van der Waals surface area contributed by atoms with Crippen molar-refractivity contribution in [3.8, 4) is 23.0 Å². The van der Waals surface area contributed by atoms with E-state index in [2.05, 4.69) is 18.9 Å². The molecule has 128 heavy (non-hydrogen) atoms. The number of anilines is 4. The predicted octanol–water partition coefficient (Wildman–Crippen LogP) is 16.0. The monoisotopic (exact) mass is 1810 g/mol. The van der Waals surface area contributed by atoms with E-state index in [1.807, 2.05) is 232 Å². The number of carbonyl (C=O) groups excluding carboxylic acids is 4. The van der Waals surface area contributed by atoms with E-state index in [0.29, 0.717) is 87.6 Å². The van der Waals surface area contributed by atoms with Crippen LogP contribution >= 0.6 is 0 Å². The van der Waals surface area contributed by atoms with Gasteiger partial charge in [0.25, 0.3) is 63.7 Å². The molecule has 12 aromatic rings. The van der Waals surface area contributed by atoms with Gasteiger partial charge in [0.05, 0.1) is 19.6 Å². The van der Waals surface area contributed by atoms with Crippen molar-refractivity contribution >= 4 is 130 Å². The maximum absolute atomic E-state index is 15.0. The Morgan fingerprint density at radius 1 is 0.258 bits per heavy atom. The first-order valence-corrected chi connectivity index (χ1v) is 48.0.